The largest absolute Gasteiger partial charge is 0.481 e. The van der Waals surface area contributed by atoms with Crippen LogP contribution in [0, 0.1) is 0 Å². The minimum atomic E-state index is -4.49. The normalized spacial score (nSPS) is 12.9. The van der Waals surface area contributed by atoms with E-state index >= 15 is 0 Å². The molecule has 0 saturated heterocycles. The van der Waals surface area contributed by atoms with Crippen LogP contribution >= 0.6 is 11.6 Å². The number of halogens is 4. The third-order valence-electron chi connectivity index (χ3n) is 3.72. The van der Waals surface area contributed by atoms with Crippen LogP contribution in [0.3, 0.4) is 0 Å². The lowest BCUT2D eigenvalue weighted by atomic mass is 10.1. The fourth-order valence-corrected chi connectivity index (χ4v) is 2.77. The first-order valence-electron chi connectivity index (χ1n) is 6.84. The van der Waals surface area contributed by atoms with Crippen molar-refractivity contribution in [3.05, 3.63) is 57.9 Å². The second kappa shape index (κ2) is 6.32. The zero-order chi connectivity index (χ0) is 18.2. The molecule has 2 aromatic rings. The van der Waals surface area contributed by atoms with Crippen molar-refractivity contribution < 1.29 is 27.9 Å². The van der Waals surface area contributed by atoms with Gasteiger partial charge in [-0.15, -0.1) is 0 Å². The average molecular weight is 360 g/mol. The van der Waals surface area contributed by atoms with Crippen LogP contribution in [-0.4, -0.2) is 21.4 Å². The molecule has 4 nitrogen and oxygen atoms in total. The summed E-state index contributed by atoms with van der Waals surface area (Å²) in [7, 11) is 1.48. The number of aromatic nitrogens is 1. The van der Waals surface area contributed by atoms with Crippen LogP contribution in [0.4, 0.5) is 13.2 Å². The van der Waals surface area contributed by atoms with Gasteiger partial charge in [-0.25, -0.2) is 0 Å². The van der Waals surface area contributed by atoms with E-state index in [2.05, 4.69) is 0 Å². The number of hydrogen-bond donors (Lipinski definition) is 1. The number of alkyl halides is 3. The molecule has 0 bridgehead atoms. The van der Waals surface area contributed by atoms with Crippen LogP contribution in [-0.2, 0) is 18.0 Å². The fraction of sp³-hybridized carbons (Fsp3) is 0.250. The SMILES string of the molecule is CC(C(=O)O)c1c(Cl)cc(C(=O)c2ccc(C(F)(F)F)cc2)n1C. The number of aliphatic carboxylic acids is 1. The van der Waals surface area contributed by atoms with Crippen LogP contribution in [0.5, 0.6) is 0 Å². The molecule has 1 aromatic heterocycles. The molecule has 1 aromatic carbocycles. The van der Waals surface area contributed by atoms with Crippen LogP contribution in [0.15, 0.2) is 30.3 Å². The minimum absolute atomic E-state index is 0.0507. The van der Waals surface area contributed by atoms with Gasteiger partial charge in [-0.1, -0.05) is 23.7 Å². The lowest BCUT2D eigenvalue weighted by molar-refractivity contribution is -0.139. The third kappa shape index (κ3) is 3.31. The van der Waals surface area contributed by atoms with Gasteiger partial charge < -0.3 is 9.67 Å². The first kappa shape index (κ1) is 18.1. The van der Waals surface area contributed by atoms with Crippen LogP contribution in [0.25, 0.3) is 0 Å². The van der Waals surface area contributed by atoms with Crippen LogP contribution in [0.2, 0.25) is 5.02 Å². The standard InChI is InChI=1S/C16H13ClF3NO3/c1-8(15(23)24)13-11(17)7-12(21(13)2)14(22)9-3-5-10(6-4-9)16(18,19)20/h3-8H,1-2H3,(H,23,24). The van der Waals surface area contributed by atoms with E-state index in [-0.39, 0.29) is 22.0 Å². The lowest BCUT2D eigenvalue weighted by Gasteiger charge is -2.11. The van der Waals surface area contributed by atoms with Gasteiger partial charge in [-0.3, -0.25) is 9.59 Å². The highest BCUT2D eigenvalue weighted by Gasteiger charge is 2.30. The highest BCUT2D eigenvalue weighted by Crippen LogP contribution is 2.31. The van der Waals surface area contributed by atoms with Gasteiger partial charge in [0.05, 0.1) is 27.9 Å². The Morgan fingerprint density at radius 2 is 1.75 bits per heavy atom. The van der Waals surface area contributed by atoms with E-state index in [1.807, 2.05) is 0 Å². The molecule has 0 aliphatic heterocycles. The summed E-state index contributed by atoms with van der Waals surface area (Å²) in [4.78, 5) is 23.6. The topological polar surface area (TPSA) is 59.3 Å². The zero-order valence-corrected chi connectivity index (χ0v) is 13.4. The number of carboxylic acids is 1. The predicted octanol–water partition coefficient (Wildman–Crippen LogP) is 4.12. The molecule has 128 valence electrons. The van der Waals surface area contributed by atoms with E-state index in [1.165, 1.54) is 24.6 Å². The summed E-state index contributed by atoms with van der Waals surface area (Å²) in [5.41, 5.74) is -0.457. The van der Waals surface area contributed by atoms with Gasteiger partial charge in [0.1, 0.15) is 0 Å². The third-order valence-corrected chi connectivity index (χ3v) is 4.02. The van der Waals surface area contributed by atoms with Crippen LogP contribution < -0.4 is 0 Å². The van der Waals surface area contributed by atoms with Gasteiger partial charge in [0.15, 0.2) is 0 Å². The maximum atomic E-state index is 12.6. The van der Waals surface area contributed by atoms with Crippen molar-refractivity contribution in [2.45, 2.75) is 19.0 Å². The Kier molecular flexibility index (Phi) is 4.75. The number of carbonyl (C=O) groups is 2. The molecule has 1 atom stereocenters. The van der Waals surface area contributed by atoms with E-state index in [0.717, 1.165) is 24.3 Å². The smallest absolute Gasteiger partial charge is 0.416 e. The zero-order valence-electron chi connectivity index (χ0n) is 12.7. The monoisotopic (exact) mass is 359 g/mol. The van der Waals surface area contributed by atoms with E-state index in [4.69, 9.17) is 16.7 Å². The fourth-order valence-electron chi connectivity index (χ4n) is 2.37. The Balaban J connectivity index is 2.41. The van der Waals surface area contributed by atoms with Gasteiger partial charge in [0, 0.05) is 12.6 Å². The van der Waals surface area contributed by atoms with Crippen molar-refractivity contribution in [1.82, 2.24) is 4.57 Å². The van der Waals surface area contributed by atoms with Crippen LogP contribution in [0.1, 0.15) is 40.2 Å². The Hall–Kier alpha value is -2.28. The van der Waals surface area contributed by atoms with Crippen molar-refractivity contribution in [3.63, 3.8) is 0 Å². The Labute approximate surface area is 140 Å². The molecular weight excluding hydrogens is 347 g/mol. The quantitative estimate of drug-likeness (QED) is 0.835. The molecule has 0 amide bonds. The summed E-state index contributed by atoms with van der Waals surface area (Å²) in [6, 6.07) is 5.10. The molecule has 1 unspecified atom stereocenters. The number of benzene rings is 1. The van der Waals surface area contributed by atoms with Gasteiger partial charge in [0.2, 0.25) is 5.78 Å². The molecule has 0 saturated carbocycles. The molecular formula is C16H13ClF3NO3. The average Bonchev–Trinajstić information content (AvgIpc) is 2.79. The van der Waals surface area contributed by atoms with Crippen molar-refractivity contribution in [2.75, 3.05) is 0 Å². The van der Waals surface area contributed by atoms with Crippen molar-refractivity contribution >= 4 is 23.4 Å². The molecule has 0 aliphatic carbocycles. The lowest BCUT2D eigenvalue weighted by Crippen LogP contribution is -2.15. The van der Waals surface area contributed by atoms with Gasteiger partial charge in [-0.2, -0.15) is 13.2 Å². The number of rotatable bonds is 4. The van der Waals surface area contributed by atoms with E-state index in [0.29, 0.717) is 0 Å². The van der Waals surface area contributed by atoms with E-state index < -0.39 is 29.4 Å². The number of hydrogen-bond acceptors (Lipinski definition) is 2. The summed E-state index contributed by atoms with van der Waals surface area (Å²) in [6.07, 6.45) is -4.49. The molecule has 2 rings (SSSR count). The van der Waals surface area contributed by atoms with Crippen molar-refractivity contribution in [1.29, 1.82) is 0 Å². The molecule has 1 N–H and O–H groups in total. The van der Waals surface area contributed by atoms with E-state index in [1.54, 1.807) is 0 Å². The molecule has 8 heteroatoms. The van der Waals surface area contributed by atoms with Crippen molar-refractivity contribution in [3.8, 4) is 0 Å². The summed E-state index contributed by atoms with van der Waals surface area (Å²) in [6.45, 7) is 1.43. The summed E-state index contributed by atoms with van der Waals surface area (Å²) >= 11 is 6.02. The summed E-state index contributed by atoms with van der Waals surface area (Å²) in [5, 5.41) is 9.21. The molecule has 24 heavy (non-hydrogen) atoms. The first-order valence-corrected chi connectivity index (χ1v) is 7.21. The van der Waals surface area contributed by atoms with E-state index in [9.17, 15) is 22.8 Å². The van der Waals surface area contributed by atoms with Gasteiger partial charge >= 0.3 is 12.1 Å². The first-order chi connectivity index (χ1) is 11.0. The Bertz CT molecular complexity index is 794. The minimum Gasteiger partial charge on any atom is -0.481 e. The molecule has 1 heterocycles. The number of carboxylic acid groups (broad SMARTS) is 1. The molecule has 0 spiro atoms. The molecule has 0 fully saturated rings. The second-order valence-corrected chi connectivity index (χ2v) is 5.69. The predicted molar refractivity (Wildman–Crippen MR) is 81.4 cm³/mol. The second-order valence-electron chi connectivity index (χ2n) is 5.29. The molecule has 0 aliphatic rings. The maximum Gasteiger partial charge on any atom is 0.416 e. The summed E-state index contributed by atoms with van der Waals surface area (Å²) < 4.78 is 39.0. The van der Waals surface area contributed by atoms with Gasteiger partial charge in [-0.05, 0) is 25.1 Å². The summed E-state index contributed by atoms with van der Waals surface area (Å²) in [5.74, 6) is -2.58. The number of carbonyl (C=O) groups excluding carboxylic acids is 1. The van der Waals surface area contributed by atoms with Gasteiger partial charge in [0.25, 0.3) is 0 Å². The highest BCUT2D eigenvalue weighted by atomic mass is 35.5. The number of ketones is 1. The Morgan fingerprint density at radius 3 is 2.21 bits per heavy atom. The van der Waals surface area contributed by atoms with Crippen molar-refractivity contribution in [2.24, 2.45) is 7.05 Å². The molecule has 0 radical (unpaired) electrons. The number of nitrogens with zero attached hydrogens (tertiary/aromatic N) is 1. The highest BCUT2D eigenvalue weighted by molar-refractivity contribution is 6.32. The maximum absolute atomic E-state index is 12.6. The Morgan fingerprint density at radius 1 is 1.21 bits per heavy atom.